The van der Waals surface area contributed by atoms with Crippen LogP contribution in [-0.2, 0) is 0 Å². The molecule has 0 heterocycles. The molecule has 0 spiro atoms. The first kappa shape index (κ1) is 6.99. The molecule has 3 heteroatoms. The van der Waals surface area contributed by atoms with Crippen molar-refractivity contribution in [2.75, 3.05) is 6.61 Å². The molecule has 54 valence electrons. The van der Waals surface area contributed by atoms with E-state index in [9.17, 15) is 0 Å². The van der Waals surface area contributed by atoms with Crippen LogP contribution < -0.4 is 0 Å². The normalized spacial score (nSPS) is 43.7. The van der Waals surface area contributed by atoms with E-state index < -0.39 is 12.2 Å². The minimum atomic E-state index is -0.699. The Hall–Kier alpha value is -0.120. The van der Waals surface area contributed by atoms with Crippen molar-refractivity contribution in [3.8, 4) is 0 Å². The first-order chi connectivity index (χ1) is 4.25. The Bertz CT molecular complexity index is 94.3. The first-order valence-corrected chi connectivity index (χ1v) is 3.22. The Morgan fingerprint density at radius 3 is 2.11 bits per heavy atom. The van der Waals surface area contributed by atoms with Crippen LogP contribution in [0.15, 0.2) is 0 Å². The molecule has 0 aromatic heterocycles. The molecule has 0 aromatic carbocycles. The van der Waals surface area contributed by atoms with Gasteiger partial charge in [-0.15, -0.1) is 0 Å². The predicted molar refractivity (Wildman–Crippen MR) is 31.8 cm³/mol. The number of hydrogen-bond acceptors (Lipinski definition) is 3. The van der Waals surface area contributed by atoms with Crippen molar-refractivity contribution in [2.45, 2.75) is 25.0 Å². The second kappa shape index (κ2) is 2.64. The van der Waals surface area contributed by atoms with Gasteiger partial charge in [0.05, 0.1) is 12.2 Å². The number of hydrogen-bond donors (Lipinski definition) is 3. The van der Waals surface area contributed by atoms with E-state index in [4.69, 9.17) is 15.3 Å². The molecule has 0 aliphatic heterocycles. The van der Waals surface area contributed by atoms with E-state index in [1.54, 1.807) is 0 Å². The molecule has 0 aromatic rings. The molecule has 3 N–H and O–H groups in total. The molecule has 0 bridgehead atoms. The Kier molecular flexibility index (Phi) is 2.05. The van der Waals surface area contributed by atoms with Gasteiger partial charge in [-0.2, -0.15) is 0 Å². The van der Waals surface area contributed by atoms with Crippen molar-refractivity contribution in [2.24, 2.45) is 5.92 Å². The molecule has 0 radical (unpaired) electrons. The van der Waals surface area contributed by atoms with Crippen LogP contribution in [0.4, 0.5) is 0 Å². The molecular formula is C6H12O3. The summed E-state index contributed by atoms with van der Waals surface area (Å²) in [6.07, 6.45) is 0.0442. The SMILES string of the molecule is OC[C@@H]1CCC(O)C1O. The van der Waals surface area contributed by atoms with Gasteiger partial charge in [0.25, 0.3) is 0 Å². The third-order valence-electron chi connectivity index (χ3n) is 1.94. The molecule has 9 heavy (non-hydrogen) atoms. The van der Waals surface area contributed by atoms with Gasteiger partial charge < -0.3 is 15.3 Å². The summed E-state index contributed by atoms with van der Waals surface area (Å²) in [4.78, 5) is 0. The lowest BCUT2D eigenvalue weighted by Crippen LogP contribution is -2.26. The average molecular weight is 132 g/mol. The number of rotatable bonds is 1. The lowest BCUT2D eigenvalue weighted by Gasteiger charge is -2.12. The van der Waals surface area contributed by atoms with Gasteiger partial charge in [-0.3, -0.25) is 0 Å². The van der Waals surface area contributed by atoms with Crippen LogP contribution in [0.5, 0.6) is 0 Å². The van der Waals surface area contributed by atoms with Gasteiger partial charge in [-0.25, -0.2) is 0 Å². The van der Waals surface area contributed by atoms with Gasteiger partial charge in [-0.05, 0) is 12.8 Å². The molecule has 0 saturated heterocycles. The van der Waals surface area contributed by atoms with Crippen LogP contribution in [0.25, 0.3) is 0 Å². The Labute approximate surface area is 53.9 Å². The average Bonchev–Trinajstić information content (AvgIpc) is 2.15. The van der Waals surface area contributed by atoms with Gasteiger partial charge in [-0.1, -0.05) is 0 Å². The highest BCUT2D eigenvalue weighted by molar-refractivity contribution is 4.83. The van der Waals surface area contributed by atoms with Gasteiger partial charge in [0.15, 0.2) is 0 Å². The van der Waals surface area contributed by atoms with Crippen LogP contribution in [0, 0.1) is 5.92 Å². The first-order valence-electron chi connectivity index (χ1n) is 3.22. The third kappa shape index (κ3) is 1.23. The minimum Gasteiger partial charge on any atom is -0.396 e. The summed E-state index contributed by atoms with van der Waals surface area (Å²) in [5.41, 5.74) is 0. The molecule has 1 aliphatic rings. The van der Waals surface area contributed by atoms with E-state index in [1.165, 1.54) is 0 Å². The summed E-state index contributed by atoms with van der Waals surface area (Å²) in [6.45, 7) is -0.0156. The van der Waals surface area contributed by atoms with Crippen molar-refractivity contribution >= 4 is 0 Å². The zero-order valence-electron chi connectivity index (χ0n) is 5.20. The van der Waals surface area contributed by atoms with E-state index in [-0.39, 0.29) is 12.5 Å². The van der Waals surface area contributed by atoms with E-state index in [0.29, 0.717) is 6.42 Å². The van der Waals surface area contributed by atoms with Crippen LogP contribution in [0.3, 0.4) is 0 Å². The molecule has 3 nitrogen and oxygen atoms in total. The van der Waals surface area contributed by atoms with Crippen molar-refractivity contribution in [1.82, 2.24) is 0 Å². The lowest BCUT2D eigenvalue weighted by molar-refractivity contribution is 0.00682. The van der Waals surface area contributed by atoms with E-state index >= 15 is 0 Å². The quantitative estimate of drug-likeness (QED) is 0.434. The third-order valence-corrected chi connectivity index (χ3v) is 1.94. The summed E-state index contributed by atoms with van der Waals surface area (Å²) >= 11 is 0. The van der Waals surface area contributed by atoms with Gasteiger partial charge in [0, 0.05) is 12.5 Å². The number of aliphatic hydroxyl groups excluding tert-OH is 3. The highest BCUT2D eigenvalue weighted by atomic mass is 16.3. The van der Waals surface area contributed by atoms with Gasteiger partial charge in [0.2, 0.25) is 0 Å². The Morgan fingerprint density at radius 2 is 1.89 bits per heavy atom. The fourth-order valence-corrected chi connectivity index (χ4v) is 1.24. The van der Waals surface area contributed by atoms with Gasteiger partial charge in [0.1, 0.15) is 0 Å². The van der Waals surface area contributed by atoms with Crippen molar-refractivity contribution < 1.29 is 15.3 Å². The predicted octanol–water partition coefficient (Wildman–Crippen LogP) is -0.890. The monoisotopic (exact) mass is 132 g/mol. The van der Waals surface area contributed by atoms with Crippen LogP contribution >= 0.6 is 0 Å². The summed E-state index contributed by atoms with van der Waals surface area (Å²) in [5, 5.41) is 26.6. The lowest BCUT2D eigenvalue weighted by atomic mass is 10.1. The molecule has 1 rings (SSSR count). The number of aliphatic hydroxyl groups is 3. The maximum absolute atomic E-state index is 9.05. The van der Waals surface area contributed by atoms with Crippen LogP contribution in [0.1, 0.15) is 12.8 Å². The standard InChI is InChI=1S/C6H12O3/c7-3-4-1-2-5(8)6(4)9/h4-9H,1-3H2/t4-,5?,6?/m0/s1. The summed E-state index contributed by atoms with van der Waals surface area (Å²) < 4.78 is 0. The molecule has 1 fully saturated rings. The highest BCUT2D eigenvalue weighted by Crippen LogP contribution is 2.24. The molecule has 2 unspecified atom stereocenters. The van der Waals surface area contributed by atoms with Gasteiger partial charge >= 0.3 is 0 Å². The van der Waals surface area contributed by atoms with Crippen molar-refractivity contribution in [3.05, 3.63) is 0 Å². The molecule has 1 aliphatic carbocycles. The largest absolute Gasteiger partial charge is 0.396 e. The van der Waals surface area contributed by atoms with E-state index in [1.807, 2.05) is 0 Å². The fraction of sp³-hybridized carbons (Fsp3) is 1.00. The highest BCUT2D eigenvalue weighted by Gasteiger charge is 2.32. The second-order valence-corrected chi connectivity index (χ2v) is 2.58. The zero-order valence-corrected chi connectivity index (χ0v) is 5.20. The summed E-state index contributed by atoms with van der Waals surface area (Å²) in [6, 6.07) is 0. The molecule has 1 saturated carbocycles. The summed E-state index contributed by atoms with van der Waals surface area (Å²) in [7, 11) is 0. The van der Waals surface area contributed by atoms with Crippen molar-refractivity contribution in [1.29, 1.82) is 0 Å². The topological polar surface area (TPSA) is 60.7 Å². The minimum absolute atomic E-state index is 0.0156. The zero-order chi connectivity index (χ0) is 6.85. The van der Waals surface area contributed by atoms with E-state index in [2.05, 4.69) is 0 Å². The van der Waals surface area contributed by atoms with Crippen molar-refractivity contribution in [3.63, 3.8) is 0 Å². The van der Waals surface area contributed by atoms with E-state index in [0.717, 1.165) is 6.42 Å². The maximum atomic E-state index is 9.05. The molecule has 3 atom stereocenters. The van der Waals surface area contributed by atoms with Crippen LogP contribution in [-0.4, -0.2) is 34.1 Å². The smallest absolute Gasteiger partial charge is 0.0849 e. The maximum Gasteiger partial charge on any atom is 0.0849 e. The Morgan fingerprint density at radius 1 is 1.22 bits per heavy atom. The molecule has 0 amide bonds. The van der Waals surface area contributed by atoms with Crippen LogP contribution in [0.2, 0.25) is 0 Å². The second-order valence-electron chi connectivity index (χ2n) is 2.58. The summed E-state index contributed by atoms with van der Waals surface area (Å²) in [5.74, 6) is -0.0972. The molecular weight excluding hydrogens is 120 g/mol. The fourth-order valence-electron chi connectivity index (χ4n) is 1.24. The Balaban J connectivity index is 2.41.